The van der Waals surface area contributed by atoms with E-state index in [1.165, 1.54) is 0 Å². The van der Waals surface area contributed by atoms with Crippen LogP contribution in [0.15, 0.2) is 0 Å². The molecule has 0 aromatic heterocycles. The molecular formula is C9H17NO3. The molecule has 0 saturated carbocycles. The molecule has 1 atom stereocenters. The van der Waals surface area contributed by atoms with Crippen LogP contribution in [0.3, 0.4) is 0 Å². The van der Waals surface area contributed by atoms with Crippen LogP contribution in [0.5, 0.6) is 0 Å². The number of amides is 1. The third-order valence-corrected chi connectivity index (χ3v) is 2.22. The molecule has 13 heavy (non-hydrogen) atoms. The maximum atomic E-state index is 11.2. The average Bonchev–Trinajstić information content (AvgIpc) is 2.52. The zero-order valence-corrected chi connectivity index (χ0v) is 8.28. The van der Waals surface area contributed by atoms with Crippen LogP contribution in [0.1, 0.15) is 19.8 Å². The predicted molar refractivity (Wildman–Crippen MR) is 48.2 cm³/mol. The lowest BCUT2D eigenvalue weighted by atomic mass is 10.4. The minimum Gasteiger partial charge on any atom is -0.356 e. The second-order valence-electron chi connectivity index (χ2n) is 3.16. The zero-order chi connectivity index (χ0) is 9.68. The quantitative estimate of drug-likeness (QED) is 0.592. The van der Waals surface area contributed by atoms with Gasteiger partial charge in [0, 0.05) is 26.6 Å². The minimum atomic E-state index is -0.183. The summed E-state index contributed by atoms with van der Waals surface area (Å²) in [5.74, 6) is 0.244. The highest BCUT2D eigenvalue weighted by Gasteiger charge is 2.19. The van der Waals surface area contributed by atoms with E-state index in [0.717, 1.165) is 13.0 Å². The second kappa shape index (κ2) is 5.19. The van der Waals surface area contributed by atoms with Crippen molar-refractivity contribution in [2.75, 3.05) is 26.8 Å². The Morgan fingerprint density at radius 1 is 1.62 bits per heavy atom. The number of likely N-dealkylation sites (tertiary alicyclic amines) is 1. The Morgan fingerprint density at radius 2 is 2.38 bits per heavy atom. The van der Waals surface area contributed by atoms with Gasteiger partial charge in [0.15, 0.2) is 6.29 Å². The first-order valence-electron chi connectivity index (χ1n) is 4.66. The number of hydrogen-bond donors (Lipinski definition) is 0. The summed E-state index contributed by atoms with van der Waals surface area (Å²) >= 11 is 0. The fraction of sp³-hybridized carbons (Fsp3) is 0.889. The number of nitrogens with zero attached hydrogens (tertiary/aromatic N) is 1. The van der Waals surface area contributed by atoms with E-state index in [2.05, 4.69) is 0 Å². The van der Waals surface area contributed by atoms with Crippen LogP contribution in [0.2, 0.25) is 0 Å². The highest BCUT2D eigenvalue weighted by atomic mass is 16.7. The summed E-state index contributed by atoms with van der Waals surface area (Å²) in [6.07, 6.45) is 1.50. The third kappa shape index (κ3) is 3.32. The maximum Gasteiger partial charge on any atom is 0.222 e. The van der Waals surface area contributed by atoms with E-state index in [1.54, 1.807) is 7.11 Å². The molecule has 0 aromatic rings. The molecule has 0 aliphatic carbocycles. The Labute approximate surface area is 78.8 Å². The SMILES string of the molecule is COC(C)OCCN1CCCC1=O. The molecule has 0 bridgehead atoms. The minimum absolute atomic E-state index is 0.183. The molecule has 1 heterocycles. The normalized spacial score (nSPS) is 19.5. The second-order valence-corrected chi connectivity index (χ2v) is 3.16. The molecule has 76 valence electrons. The summed E-state index contributed by atoms with van der Waals surface area (Å²) in [5, 5.41) is 0. The Morgan fingerprint density at radius 3 is 2.92 bits per heavy atom. The van der Waals surface area contributed by atoms with Crippen molar-refractivity contribution in [2.24, 2.45) is 0 Å². The van der Waals surface area contributed by atoms with Crippen LogP contribution in [-0.4, -0.2) is 43.9 Å². The summed E-state index contributed by atoms with van der Waals surface area (Å²) in [7, 11) is 1.60. The van der Waals surface area contributed by atoms with Gasteiger partial charge in [-0.1, -0.05) is 0 Å². The van der Waals surface area contributed by atoms with Gasteiger partial charge in [-0.2, -0.15) is 0 Å². The number of hydrogen-bond acceptors (Lipinski definition) is 3. The first-order valence-corrected chi connectivity index (χ1v) is 4.66. The fourth-order valence-electron chi connectivity index (χ4n) is 1.34. The molecule has 1 unspecified atom stereocenters. The number of carbonyl (C=O) groups excluding carboxylic acids is 1. The highest BCUT2D eigenvalue weighted by molar-refractivity contribution is 5.77. The standard InChI is InChI=1S/C9H17NO3/c1-8(12-2)13-7-6-10-5-3-4-9(10)11/h8H,3-7H2,1-2H3. The van der Waals surface area contributed by atoms with Crippen molar-refractivity contribution in [1.82, 2.24) is 4.90 Å². The molecular weight excluding hydrogens is 170 g/mol. The topological polar surface area (TPSA) is 38.8 Å². The van der Waals surface area contributed by atoms with E-state index < -0.39 is 0 Å². The van der Waals surface area contributed by atoms with Gasteiger partial charge in [0.2, 0.25) is 5.91 Å². The lowest BCUT2D eigenvalue weighted by Crippen LogP contribution is -2.29. The van der Waals surface area contributed by atoms with E-state index in [1.807, 2.05) is 11.8 Å². The molecule has 0 radical (unpaired) electrons. The van der Waals surface area contributed by atoms with Gasteiger partial charge in [-0.15, -0.1) is 0 Å². The Hall–Kier alpha value is -0.610. The largest absolute Gasteiger partial charge is 0.356 e. The van der Waals surface area contributed by atoms with E-state index >= 15 is 0 Å². The monoisotopic (exact) mass is 187 g/mol. The lowest BCUT2D eigenvalue weighted by Gasteiger charge is -2.17. The van der Waals surface area contributed by atoms with Crippen molar-refractivity contribution in [1.29, 1.82) is 0 Å². The summed E-state index contributed by atoms with van der Waals surface area (Å²) in [5.41, 5.74) is 0. The number of carbonyl (C=O) groups is 1. The van der Waals surface area contributed by atoms with E-state index in [4.69, 9.17) is 9.47 Å². The van der Waals surface area contributed by atoms with Crippen molar-refractivity contribution in [3.8, 4) is 0 Å². The van der Waals surface area contributed by atoms with Crippen LogP contribution >= 0.6 is 0 Å². The molecule has 0 aromatic carbocycles. The van der Waals surface area contributed by atoms with Crippen LogP contribution in [0.25, 0.3) is 0 Å². The van der Waals surface area contributed by atoms with Crippen molar-refractivity contribution in [3.05, 3.63) is 0 Å². The summed E-state index contributed by atoms with van der Waals surface area (Å²) in [4.78, 5) is 13.0. The van der Waals surface area contributed by atoms with E-state index in [9.17, 15) is 4.79 Å². The molecule has 1 saturated heterocycles. The number of rotatable bonds is 5. The van der Waals surface area contributed by atoms with Gasteiger partial charge in [-0.3, -0.25) is 4.79 Å². The maximum absolute atomic E-state index is 11.2. The van der Waals surface area contributed by atoms with Crippen molar-refractivity contribution in [2.45, 2.75) is 26.1 Å². The van der Waals surface area contributed by atoms with Crippen LogP contribution < -0.4 is 0 Å². The molecule has 1 fully saturated rings. The summed E-state index contributed by atoms with van der Waals surface area (Å²) in [6, 6.07) is 0. The zero-order valence-electron chi connectivity index (χ0n) is 8.28. The summed E-state index contributed by atoms with van der Waals surface area (Å²) < 4.78 is 10.2. The van der Waals surface area contributed by atoms with Crippen LogP contribution in [-0.2, 0) is 14.3 Å². The number of ether oxygens (including phenoxy) is 2. The van der Waals surface area contributed by atoms with Crippen LogP contribution in [0.4, 0.5) is 0 Å². The number of methoxy groups -OCH3 is 1. The third-order valence-electron chi connectivity index (χ3n) is 2.22. The van der Waals surface area contributed by atoms with Gasteiger partial charge in [0.05, 0.1) is 6.61 Å². The molecule has 4 nitrogen and oxygen atoms in total. The van der Waals surface area contributed by atoms with E-state index in [-0.39, 0.29) is 12.2 Å². The van der Waals surface area contributed by atoms with Gasteiger partial charge in [0.25, 0.3) is 0 Å². The Bertz CT molecular complexity index is 172. The van der Waals surface area contributed by atoms with Crippen molar-refractivity contribution in [3.63, 3.8) is 0 Å². The van der Waals surface area contributed by atoms with Gasteiger partial charge in [0.1, 0.15) is 0 Å². The Kier molecular flexibility index (Phi) is 4.18. The van der Waals surface area contributed by atoms with Crippen molar-refractivity contribution >= 4 is 5.91 Å². The average molecular weight is 187 g/mol. The molecule has 0 spiro atoms. The smallest absolute Gasteiger partial charge is 0.222 e. The Balaban J connectivity index is 2.08. The van der Waals surface area contributed by atoms with Gasteiger partial charge in [-0.05, 0) is 13.3 Å². The first kappa shape index (κ1) is 10.5. The van der Waals surface area contributed by atoms with Gasteiger partial charge in [-0.25, -0.2) is 0 Å². The molecule has 0 N–H and O–H groups in total. The van der Waals surface area contributed by atoms with Crippen LogP contribution in [0, 0.1) is 0 Å². The van der Waals surface area contributed by atoms with E-state index in [0.29, 0.717) is 19.6 Å². The molecule has 1 aliphatic heterocycles. The fourth-order valence-corrected chi connectivity index (χ4v) is 1.34. The van der Waals surface area contributed by atoms with Gasteiger partial charge >= 0.3 is 0 Å². The first-order chi connectivity index (χ1) is 6.24. The van der Waals surface area contributed by atoms with Crippen molar-refractivity contribution < 1.29 is 14.3 Å². The molecule has 4 heteroatoms. The van der Waals surface area contributed by atoms with Gasteiger partial charge < -0.3 is 14.4 Å². The molecule has 1 amide bonds. The summed E-state index contributed by atoms with van der Waals surface area (Å²) in [6.45, 7) is 3.96. The molecule has 1 aliphatic rings. The lowest BCUT2D eigenvalue weighted by molar-refractivity contribution is -0.133. The predicted octanol–water partition coefficient (Wildman–Crippen LogP) is 0.618. The highest BCUT2D eigenvalue weighted by Crippen LogP contribution is 2.08. The molecule has 1 rings (SSSR count).